The van der Waals surface area contributed by atoms with Crippen molar-refractivity contribution >= 4 is 39.0 Å². The summed E-state index contributed by atoms with van der Waals surface area (Å²) in [6.07, 6.45) is 0. The number of ether oxygens (including phenoxy) is 1. The molecule has 2 heterocycles. The summed E-state index contributed by atoms with van der Waals surface area (Å²) in [7, 11) is 1.59. The SMILES string of the molecule is COc1ccc2cc(-c3csc(NC(=O)c4cccc([N+](=O)[O-])c4)n3)oc2c1. The maximum atomic E-state index is 12.3. The third-order valence-electron chi connectivity index (χ3n) is 4.02. The van der Waals surface area contributed by atoms with Crippen LogP contribution in [-0.2, 0) is 0 Å². The molecule has 0 fully saturated rings. The first-order chi connectivity index (χ1) is 13.5. The topological polar surface area (TPSA) is 108 Å². The Labute approximate surface area is 162 Å². The number of methoxy groups -OCH3 is 1. The molecule has 2 aromatic carbocycles. The van der Waals surface area contributed by atoms with Gasteiger partial charge in [-0.1, -0.05) is 6.07 Å². The van der Waals surface area contributed by atoms with Crippen molar-refractivity contribution < 1.29 is 18.9 Å². The lowest BCUT2D eigenvalue weighted by Gasteiger charge is -2.01. The third-order valence-corrected chi connectivity index (χ3v) is 4.78. The highest BCUT2D eigenvalue weighted by atomic mass is 32.1. The van der Waals surface area contributed by atoms with Crippen molar-refractivity contribution in [3.05, 3.63) is 69.6 Å². The van der Waals surface area contributed by atoms with Gasteiger partial charge in [0.05, 0.1) is 12.0 Å². The van der Waals surface area contributed by atoms with Gasteiger partial charge in [-0.05, 0) is 24.3 Å². The number of nitrogens with one attached hydrogen (secondary N) is 1. The smallest absolute Gasteiger partial charge is 0.270 e. The predicted octanol–water partition coefficient (Wildman–Crippen LogP) is 4.73. The molecular formula is C19H13N3O5S. The molecule has 140 valence electrons. The predicted molar refractivity (Wildman–Crippen MR) is 105 cm³/mol. The van der Waals surface area contributed by atoms with Gasteiger partial charge in [0.2, 0.25) is 0 Å². The first kappa shape index (κ1) is 17.7. The number of nitrogens with zero attached hydrogens (tertiary/aromatic N) is 2. The van der Waals surface area contributed by atoms with E-state index in [0.717, 1.165) is 5.39 Å². The Bertz CT molecular complexity index is 1200. The standard InChI is InChI=1S/C19H13N3O5S/c1-26-14-6-5-11-8-17(27-16(11)9-14)15-10-28-19(20-15)21-18(23)12-3-2-4-13(7-12)22(24)25/h2-10H,1H3,(H,20,21,23). The van der Waals surface area contributed by atoms with E-state index in [9.17, 15) is 14.9 Å². The first-order valence-electron chi connectivity index (χ1n) is 8.13. The van der Waals surface area contributed by atoms with Crippen LogP contribution in [0.15, 0.2) is 58.3 Å². The molecule has 0 bridgehead atoms. The second-order valence-corrected chi connectivity index (χ2v) is 6.67. The average molecular weight is 395 g/mol. The largest absolute Gasteiger partial charge is 0.497 e. The minimum absolute atomic E-state index is 0.148. The quantitative estimate of drug-likeness (QED) is 0.387. The van der Waals surface area contributed by atoms with E-state index in [2.05, 4.69) is 10.3 Å². The Kier molecular flexibility index (Phi) is 4.50. The Hall–Kier alpha value is -3.72. The zero-order chi connectivity index (χ0) is 19.7. The number of furan rings is 1. The molecule has 0 atom stereocenters. The molecule has 0 aliphatic rings. The van der Waals surface area contributed by atoms with Gasteiger partial charge in [0.25, 0.3) is 11.6 Å². The molecule has 1 N–H and O–H groups in total. The van der Waals surface area contributed by atoms with Crippen LogP contribution in [-0.4, -0.2) is 22.9 Å². The molecule has 0 radical (unpaired) electrons. The molecule has 1 amide bonds. The van der Waals surface area contributed by atoms with Crippen molar-refractivity contribution in [2.24, 2.45) is 0 Å². The summed E-state index contributed by atoms with van der Waals surface area (Å²) in [6.45, 7) is 0. The molecule has 0 aliphatic heterocycles. The third kappa shape index (κ3) is 3.42. The summed E-state index contributed by atoms with van der Waals surface area (Å²) in [6, 6.07) is 12.9. The minimum atomic E-state index is -0.547. The van der Waals surface area contributed by atoms with Gasteiger partial charge in [-0.2, -0.15) is 0 Å². The molecule has 4 aromatic rings. The monoisotopic (exact) mass is 395 g/mol. The van der Waals surface area contributed by atoms with Crippen molar-refractivity contribution in [3.63, 3.8) is 0 Å². The molecule has 28 heavy (non-hydrogen) atoms. The lowest BCUT2D eigenvalue weighted by molar-refractivity contribution is -0.384. The van der Waals surface area contributed by atoms with E-state index >= 15 is 0 Å². The molecule has 4 rings (SSSR count). The molecular weight excluding hydrogens is 382 g/mol. The summed E-state index contributed by atoms with van der Waals surface area (Å²) >= 11 is 1.23. The molecule has 0 spiro atoms. The highest BCUT2D eigenvalue weighted by molar-refractivity contribution is 7.14. The molecule has 8 nitrogen and oxygen atoms in total. The van der Waals surface area contributed by atoms with Gasteiger partial charge in [-0.25, -0.2) is 4.98 Å². The second kappa shape index (κ2) is 7.12. The number of carbonyl (C=O) groups excluding carboxylic acids is 1. The molecule has 0 aliphatic carbocycles. The summed E-state index contributed by atoms with van der Waals surface area (Å²) in [5.41, 5.74) is 1.28. The fourth-order valence-corrected chi connectivity index (χ4v) is 3.33. The van der Waals surface area contributed by atoms with Crippen LogP contribution in [0.3, 0.4) is 0 Å². The number of anilines is 1. The summed E-state index contributed by atoms with van der Waals surface area (Å²) in [5, 5.41) is 16.5. The molecule has 0 saturated heterocycles. The van der Waals surface area contributed by atoms with E-state index in [4.69, 9.17) is 9.15 Å². The van der Waals surface area contributed by atoms with Crippen molar-refractivity contribution in [1.82, 2.24) is 4.98 Å². The number of nitro groups is 1. The van der Waals surface area contributed by atoms with E-state index in [1.54, 1.807) is 18.6 Å². The van der Waals surface area contributed by atoms with Crippen LogP contribution in [0, 0.1) is 10.1 Å². The number of carbonyl (C=O) groups is 1. The first-order valence-corrected chi connectivity index (χ1v) is 9.01. The van der Waals surface area contributed by atoms with E-state index in [0.29, 0.717) is 27.9 Å². The van der Waals surface area contributed by atoms with Gasteiger partial charge in [0.1, 0.15) is 17.0 Å². The van der Waals surface area contributed by atoms with Crippen LogP contribution in [0.4, 0.5) is 10.8 Å². The van der Waals surface area contributed by atoms with Crippen molar-refractivity contribution in [2.45, 2.75) is 0 Å². The van der Waals surface area contributed by atoms with E-state index in [1.807, 2.05) is 18.2 Å². The van der Waals surface area contributed by atoms with Crippen LogP contribution in [0.2, 0.25) is 0 Å². The normalized spacial score (nSPS) is 10.8. The van der Waals surface area contributed by atoms with Crippen molar-refractivity contribution in [3.8, 4) is 17.2 Å². The number of fused-ring (bicyclic) bond motifs is 1. The number of hydrogen-bond donors (Lipinski definition) is 1. The maximum absolute atomic E-state index is 12.3. The van der Waals surface area contributed by atoms with Gasteiger partial charge in [0, 0.05) is 34.5 Å². The summed E-state index contributed by atoms with van der Waals surface area (Å²) in [4.78, 5) is 27.0. The average Bonchev–Trinajstić information content (AvgIpc) is 3.33. The Morgan fingerprint density at radius 2 is 2.11 bits per heavy atom. The van der Waals surface area contributed by atoms with Gasteiger partial charge in [0.15, 0.2) is 10.9 Å². The summed E-state index contributed by atoms with van der Waals surface area (Å²) in [5.74, 6) is 0.783. The molecule has 0 saturated carbocycles. The lowest BCUT2D eigenvalue weighted by Crippen LogP contribution is -2.11. The van der Waals surface area contributed by atoms with Crippen LogP contribution in [0.25, 0.3) is 22.4 Å². The minimum Gasteiger partial charge on any atom is -0.497 e. The molecule has 0 unspecified atom stereocenters. The number of hydrogen-bond acceptors (Lipinski definition) is 7. The lowest BCUT2D eigenvalue weighted by atomic mass is 10.2. The number of benzene rings is 2. The second-order valence-electron chi connectivity index (χ2n) is 5.81. The number of aromatic nitrogens is 1. The number of non-ortho nitro benzene ring substituents is 1. The zero-order valence-corrected chi connectivity index (χ0v) is 15.4. The fourth-order valence-electron chi connectivity index (χ4n) is 2.64. The van der Waals surface area contributed by atoms with Crippen LogP contribution in [0.5, 0.6) is 5.75 Å². The van der Waals surface area contributed by atoms with Crippen LogP contribution in [0.1, 0.15) is 10.4 Å². The van der Waals surface area contributed by atoms with Gasteiger partial charge in [-0.3, -0.25) is 20.2 Å². The van der Waals surface area contributed by atoms with E-state index in [-0.39, 0.29) is 11.3 Å². The summed E-state index contributed by atoms with van der Waals surface area (Å²) < 4.78 is 11.0. The Morgan fingerprint density at radius 1 is 1.25 bits per heavy atom. The zero-order valence-electron chi connectivity index (χ0n) is 14.5. The molecule has 2 aromatic heterocycles. The number of thiazole rings is 1. The van der Waals surface area contributed by atoms with Crippen LogP contribution >= 0.6 is 11.3 Å². The number of amides is 1. The van der Waals surface area contributed by atoms with Crippen molar-refractivity contribution in [1.29, 1.82) is 0 Å². The highest BCUT2D eigenvalue weighted by Gasteiger charge is 2.15. The molecule has 9 heteroatoms. The number of nitro benzene ring substituents is 1. The van der Waals surface area contributed by atoms with Crippen LogP contribution < -0.4 is 10.1 Å². The Balaban J connectivity index is 1.55. The maximum Gasteiger partial charge on any atom is 0.270 e. The fraction of sp³-hybridized carbons (Fsp3) is 0.0526. The van der Waals surface area contributed by atoms with Gasteiger partial charge in [-0.15, -0.1) is 11.3 Å². The number of rotatable bonds is 5. The highest BCUT2D eigenvalue weighted by Crippen LogP contribution is 2.32. The Morgan fingerprint density at radius 3 is 2.89 bits per heavy atom. The van der Waals surface area contributed by atoms with Gasteiger partial charge >= 0.3 is 0 Å². The van der Waals surface area contributed by atoms with E-state index < -0.39 is 10.8 Å². The van der Waals surface area contributed by atoms with E-state index in [1.165, 1.54) is 35.6 Å². The van der Waals surface area contributed by atoms with Gasteiger partial charge < -0.3 is 9.15 Å². The van der Waals surface area contributed by atoms with Crippen molar-refractivity contribution in [2.75, 3.05) is 12.4 Å².